The molecule has 1 atom stereocenters. The lowest BCUT2D eigenvalue weighted by Crippen LogP contribution is -2.26. The van der Waals surface area contributed by atoms with E-state index in [-0.39, 0.29) is 12.2 Å². The van der Waals surface area contributed by atoms with Gasteiger partial charge in [-0.3, -0.25) is 0 Å². The van der Waals surface area contributed by atoms with Crippen LogP contribution in [-0.2, 0) is 12.8 Å². The Balaban J connectivity index is 1.41. The van der Waals surface area contributed by atoms with Crippen molar-refractivity contribution in [1.29, 1.82) is 0 Å². The van der Waals surface area contributed by atoms with E-state index in [2.05, 4.69) is 10.3 Å². The summed E-state index contributed by atoms with van der Waals surface area (Å²) < 4.78 is 11.1. The molecule has 1 aromatic carbocycles. The van der Waals surface area contributed by atoms with Crippen molar-refractivity contribution >= 4 is 16.8 Å². The molecular weight excluding hydrogens is 332 g/mol. The summed E-state index contributed by atoms with van der Waals surface area (Å²) in [5, 5.41) is 14.1. The maximum Gasteiger partial charge on any atom is 0.339 e. The lowest BCUT2D eigenvalue weighted by atomic mass is 10.1. The monoisotopic (exact) mass is 352 g/mol. The molecule has 1 aliphatic carbocycles. The molecule has 1 aliphatic rings. The zero-order valence-corrected chi connectivity index (χ0v) is 14.3. The van der Waals surface area contributed by atoms with Crippen LogP contribution in [0.15, 0.2) is 51.8 Å². The number of benzene rings is 1. The number of aryl methyl sites for hydroxylation is 1. The largest absolute Gasteiger partial charge is 0.491 e. The number of hydrogen-bond acceptors (Lipinski definition) is 6. The van der Waals surface area contributed by atoms with E-state index in [4.69, 9.17) is 9.15 Å². The highest BCUT2D eigenvalue weighted by molar-refractivity contribution is 5.83. The summed E-state index contributed by atoms with van der Waals surface area (Å²) in [7, 11) is 0. The van der Waals surface area contributed by atoms with Crippen LogP contribution in [0.1, 0.15) is 17.5 Å². The number of nitrogens with one attached hydrogen (secondary N) is 1. The second kappa shape index (κ2) is 7.17. The molecule has 0 saturated heterocycles. The Bertz CT molecular complexity index is 969. The van der Waals surface area contributed by atoms with Gasteiger partial charge in [0.05, 0.1) is 0 Å². The molecule has 2 N–H and O–H groups in total. The van der Waals surface area contributed by atoms with Gasteiger partial charge in [-0.1, -0.05) is 6.07 Å². The highest BCUT2D eigenvalue weighted by atomic mass is 16.5. The number of aliphatic hydroxyl groups excluding tert-OH is 1. The molecule has 0 aliphatic heterocycles. The van der Waals surface area contributed by atoms with Crippen LogP contribution >= 0.6 is 0 Å². The first kappa shape index (κ1) is 16.6. The van der Waals surface area contributed by atoms with E-state index < -0.39 is 6.10 Å². The van der Waals surface area contributed by atoms with E-state index in [1.165, 1.54) is 0 Å². The first-order valence-corrected chi connectivity index (χ1v) is 8.75. The third-order valence-electron chi connectivity index (χ3n) is 4.57. The highest BCUT2D eigenvalue weighted by Crippen LogP contribution is 2.29. The summed E-state index contributed by atoms with van der Waals surface area (Å²) >= 11 is 0. The fourth-order valence-corrected chi connectivity index (χ4v) is 3.29. The van der Waals surface area contributed by atoms with Crippen molar-refractivity contribution in [2.24, 2.45) is 0 Å². The molecule has 6 nitrogen and oxygen atoms in total. The Kier molecular flexibility index (Phi) is 4.58. The quantitative estimate of drug-likeness (QED) is 0.663. The van der Waals surface area contributed by atoms with Gasteiger partial charge >= 0.3 is 5.63 Å². The summed E-state index contributed by atoms with van der Waals surface area (Å²) in [4.78, 5) is 16.2. The first-order chi connectivity index (χ1) is 12.7. The first-order valence-electron chi connectivity index (χ1n) is 8.75. The van der Waals surface area contributed by atoms with Crippen molar-refractivity contribution in [3.63, 3.8) is 0 Å². The van der Waals surface area contributed by atoms with Gasteiger partial charge in [0.15, 0.2) is 0 Å². The molecule has 0 spiro atoms. The van der Waals surface area contributed by atoms with Crippen LogP contribution in [0.4, 0.5) is 5.82 Å². The van der Waals surface area contributed by atoms with Crippen LogP contribution in [0.2, 0.25) is 0 Å². The van der Waals surface area contributed by atoms with Gasteiger partial charge in [-0.2, -0.15) is 0 Å². The Morgan fingerprint density at radius 1 is 1.23 bits per heavy atom. The predicted octanol–water partition coefficient (Wildman–Crippen LogP) is 2.53. The van der Waals surface area contributed by atoms with Crippen molar-refractivity contribution in [3.05, 3.63) is 64.1 Å². The van der Waals surface area contributed by atoms with Gasteiger partial charge in [0.2, 0.25) is 0 Å². The molecule has 0 radical (unpaired) electrons. The lowest BCUT2D eigenvalue weighted by molar-refractivity contribution is 0.117. The number of pyridine rings is 1. The standard InChI is InChI=1S/C20H20N2O4/c23-13(11-22-19-6-1-2-9-21-19)12-25-14-7-8-16-15-4-3-5-17(15)20(24)26-18(16)10-14/h1-2,6-10,13,23H,3-5,11-12H2,(H,21,22). The van der Waals surface area contributed by atoms with Crippen molar-refractivity contribution in [3.8, 4) is 5.75 Å². The Morgan fingerprint density at radius 2 is 2.12 bits per heavy atom. The second-order valence-electron chi connectivity index (χ2n) is 6.42. The normalized spacial score (nSPS) is 14.2. The highest BCUT2D eigenvalue weighted by Gasteiger charge is 2.19. The van der Waals surface area contributed by atoms with Gasteiger partial charge in [-0.15, -0.1) is 0 Å². The molecule has 26 heavy (non-hydrogen) atoms. The SMILES string of the molecule is O=c1oc2cc(OCC(O)CNc3ccccn3)ccc2c2c1CCC2. The molecule has 0 amide bonds. The zero-order valence-electron chi connectivity index (χ0n) is 14.3. The molecule has 2 aromatic heterocycles. The summed E-state index contributed by atoms with van der Waals surface area (Å²) in [5.41, 5.74) is 2.19. The van der Waals surface area contributed by atoms with Crippen LogP contribution in [0, 0.1) is 0 Å². The molecule has 3 aromatic rings. The second-order valence-corrected chi connectivity index (χ2v) is 6.42. The minimum absolute atomic E-state index is 0.126. The third kappa shape index (κ3) is 3.41. The number of fused-ring (bicyclic) bond motifs is 3. The molecule has 0 bridgehead atoms. The number of nitrogens with zero attached hydrogens (tertiary/aromatic N) is 1. The van der Waals surface area contributed by atoms with E-state index >= 15 is 0 Å². The van der Waals surface area contributed by atoms with E-state index in [9.17, 15) is 9.90 Å². The van der Waals surface area contributed by atoms with E-state index in [0.29, 0.717) is 23.7 Å². The number of aliphatic hydroxyl groups is 1. The molecule has 2 heterocycles. The van der Waals surface area contributed by atoms with Crippen molar-refractivity contribution in [1.82, 2.24) is 4.98 Å². The van der Waals surface area contributed by atoms with Gasteiger partial charge in [0.25, 0.3) is 0 Å². The minimum atomic E-state index is -0.695. The average Bonchev–Trinajstić information content (AvgIpc) is 3.16. The van der Waals surface area contributed by atoms with E-state index in [1.54, 1.807) is 12.3 Å². The number of rotatable bonds is 6. The fraction of sp³-hybridized carbons (Fsp3) is 0.300. The summed E-state index contributed by atoms with van der Waals surface area (Å²) in [6, 6.07) is 11.0. The fourth-order valence-electron chi connectivity index (χ4n) is 3.29. The molecule has 6 heteroatoms. The summed E-state index contributed by atoms with van der Waals surface area (Å²) in [6.07, 6.45) is 3.69. The van der Waals surface area contributed by atoms with Gasteiger partial charge < -0.3 is 19.6 Å². The Hall–Kier alpha value is -2.86. The third-order valence-corrected chi connectivity index (χ3v) is 4.57. The molecule has 1 unspecified atom stereocenters. The van der Waals surface area contributed by atoms with Crippen molar-refractivity contribution in [2.45, 2.75) is 25.4 Å². The van der Waals surface area contributed by atoms with Gasteiger partial charge in [-0.05, 0) is 49.1 Å². The van der Waals surface area contributed by atoms with Gasteiger partial charge in [0.1, 0.15) is 29.9 Å². The smallest absolute Gasteiger partial charge is 0.339 e. The maximum atomic E-state index is 12.1. The number of anilines is 1. The molecule has 134 valence electrons. The number of hydrogen-bond donors (Lipinski definition) is 2. The van der Waals surface area contributed by atoms with Crippen LogP contribution in [0.3, 0.4) is 0 Å². The Morgan fingerprint density at radius 3 is 2.96 bits per heavy atom. The molecular formula is C20H20N2O4. The zero-order chi connectivity index (χ0) is 17.9. The van der Waals surface area contributed by atoms with Crippen LogP contribution in [-0.4, -0.2) is 29.3 Å². The minimum Gasteiger partial charge on any atom is -0.491 e. The van der Waals surface area contributed by atoms with E-state index in [1.807, 2.05) is 30.3 Å². The summed E-state index contributed by atoms with van der Waals surface area (Å²) in [6.45, 7) is 0.452. The van der Waals surface area contributed by atoms with Crippen LogP contribution < -0.4 is 15.7 Å². The summed E-state index contributed by atoms with van der Waals surface area (Å²) in [5.74, 6) is 1.27. The molecule has 0 fully saturated rings. The molecule has 0 saturated carbocycles. The predicted molar refractivity (Wildman–Crippen MR) is 98.7 cm³/mol. The maximum absolute atomic E-state index is 12.1. The topological polar surface area (TPSA) is 84.6 Å². The van der Waals surface area contributed by atoms with Gasteiger partial charge in [-0.25, -0.2) is 9.78 Å². The molecule has 4 rings (SSSR count). The average molecular weight is 352 g/mol. The van der Waals surface area contributed by atoms with Gasteiger partial charge in [0, 0.05) is 29.8 Å². The number of aromatic nitrogens is 1. The Labute approximate surface area is 150 Å². The lowest BCUT2D eigenvalue weighted by Gasteiger charge is -2.14. The number of ether oxygens (including phenoxy) is 1. The van der Waals surface area contributed by atoms with Crippen molar-refractivity contribution < 1.29 is 14.3 Å². The van der Waals surface area contributed by atoms with Crippen molar-refractivity contribution in [2.75, 3.05) is 18.5 Å². The van der Waals surface area contributed by atoms with Crippen LogP contribution in [0.25, 0.3) is 11.0 Å². The van der Waals surface area contributed by atoms with E-state index in [0.717, 1.165) is 35.8 Å². The van der Waals surface area contributed by atoms with Crippen LogP contribution in [0.5, 0.6) is 5.75 Å².